The molecule has 0 rings (SSSR count). The van der Waals surface area contributed by atoms with Gasteiger partial charge in [-0.05, 0) is 31.1 Å². The van der Waals surface area contributed by atoms with Crippen LogP contribution in [0.3, 0.4) is 0 Å². The van der Waals surface area contributed by atoms with E-state index in [0.29, 0.717) is 19.3 Å². The Bertz CT molecular complexity index is 841. The highest BCUT2D eigenvalue weighted by molar-refractivity contribution is 5.71. The molecule has 0 aliphatic carbocycles. The summed E-state index contributed by atoms with van der Waals surface area (Å²) < 4.78 is 16.7. The van der Waals surface area contributed by atoms with Gasteiger partial charge in [-0.3, -0.25) is 14.4 Å². The molecule has 0 saturated heterocycles. The molecule has 0 aromatic carbocycles. The summed E-state index contributed by atoms with van der Waals surface area (Å²) in [5.74, 6) is 0.841. The summed E-state index contributed by atoms with van der Waals surface area (Å²) in [5, 5.41) is 0. The van der Waals surface area contributed by atoms with Gasteiger partial charge < -0.3 is 14.2 Å². The van der Waals surface area contributed by atoms with Gasteiger partial charge in [0.25, 0.3) is 0 Å². The van der Waals surface area contributed by atoms with Crippen LogP contribution in [-0.4, -0.2) is 37.2 Å². The standard InChI is InChI=1S/C49H94O6/c1-6-8-9-10-11-17-26-31-36-41-49(52)55-46(42-53-47(50)39-34-29-24-20-14-12-13-18-22-27-32-37-44(3)4)43-54-48(51)40-35-30-25-21-16-15-19-23-28-33-38-45(5)7-2/h44-46H,6-43H2,1-5H3/t45?,46-/m1/s1. The van der Waals surface area contributed by atoms with Crippen LogP contribution in [-0.2, 0) is 28.6 Å². The highest BCUT2D eigenvalue weighted by atomic mass is 16.6. The van der Waals surface area contributed by atoms with Crippen LogP contribution in [0.1, 0.15) is 266 Å². The van der Waals surface area contributed by atoms with Crippen molar-refractivity contribution in [3.8, 4) is 0 Å². The molecule has 0 amide bonds. The van der Waals surface area contributed by atoms with Gasteiger partial charge >= 0.3 is 17.9 Å². The molecule has 0 fully saturated rings. The molecule has 0 N–H and O–H groups in total. The normalized spacial score (nSPS) is 12.5. The zero-order valence-electron chi connectivity index (χ0n) is 37.6. The fraction of sp³-hybridized carbons (Fsp3) is 0.939. The van der Waals surface area contributed by atoms with Gasteiger partial charge in [0.15, 0.2) is 6.10 Å². The van der Waals surface area contributed by atoms with Gasteiger partial charge in [0.2, 0.25) is 0 Å². The van der Waals surface area contributed by atoms with Gasteiger partial charge in [-0.1, -0.05) is 227 Å². The zero-order valence-corrected chi connectivity index (χ0v) is 37.6. The highest BCUT2D eigenvalue weighted by Crippen LogP contribution is 2.17. The van der Waals surface area contributed by atoms with Crippen LogP contribution in [0, 0.1) is 11.8 Å². The molecule has 0 aromatic heterocycles. The second-order valence-electron chi connectivity index (χ2n) is 17.5. The molecule has 55 heavy (non-hydrogen) atoms. The van der Waals surface area contributed by atoms with Gasteiger partial charge in [0.1, 0.15) is 13.2 Å². The number of hydrogen-bond acceptors (Lipinski definition) is 6. The number of carbonyl (C=O) groups is 3. The summed E-state index contributed by atoms with van der Waals surface area (Å²) in [6.07, 6.45) is 40.8. The molecule has 0 heterocycles. The Hall–Kier alpha value is -1.59. The fourth-order valence-electron chi connectivity index (χ4n) is 7.25. The van der Waals surface area contributed by atoms with Crippen LogP contribution < -0.4 is 0 Å². The Labute approximate surface area is 342 Å². The van der Waals surface area contributed by atoms with Crippen molar-refractivity contribution < 1.29 is 28.6 Å². The average molecular weight is 779 g/mol. The monoisotopic (exact) mass is 779 g/mol. The topological polar surface area (TPSA) is 78.9 Å². The van der Waals surface area contributed by atoms with Crippen molar-refractivity contribution >= 4 is 17.9 Å². The van der Waals surface area contributed by atoms with E-state index in [1.54, 1.807) is 0 Å². The Morgan fingerprint density at radius 3 is 1.04 bits per heavy atom. The van der Waals surface area contributed by atoms with Crippen LogP contribution in [0.4, 0.5) is 0 Å². The van der Waals surface area contributed by atoms with E-state index in [1.165, 1.54) is 154 Å². The largest absolute Gasteiger partial charge is 0.462 e. The molecule has 2 atom stereocenters. The third kappa shape index (κ3) is 41.9. The quantitative estimate of drug-likeness (QED) is 0.0348. The number of ether oxygens (including phenoxy) is 3. The van der Waals surface area contributed by atoms with E-state index in [-0.39, 0.29) is 31.1 Å². The minimum absolute atomic E-state index is 0.0645. The van der Waals surface area contributed by atoms with Crippen molar-refractivity contribution in [3.05, 3.63) is 0 Å². The molecule has 0 radical (unpaired) electrons. The number of carbonyl (C=O) groups excluding carboxylic acids is 3. The van der Waals surface area contributed by atoms with Crippen molar-refractivity contribution in [1.82, 2.24) is 0 Å². The molecule has 0 bridgehead atoms. The Balaban J connectivity index is 4.28. The first-order valence-electron chi connectivity index (χ1n) is 24.3. The SMILES string of the molecule is CCCCCCCCCCCC(=O)O[C@H](COC(=O)CCCCCCCCCCCCCC(C)C)COC(=O)CCCCCCCCCCCCC(C)CC. The molecule has 0 aromatic rings. The van der Waals surface area contributed by atoms with E-state index in [0.717, 1.165) is 69.6 Å². The van der Waals surface area contributed by atoms with E-state index in [2.05, 4.69) is 34.6 Å². The van der Waals surface area contributed by atoms with Gasteiger partial charge in [-0.2, -0.15) is 0 Å². The minimum atomic E-state index is -0.760. The second-order valence-corrected chi connectivity index (χ2v) is 17.5. The van der Waals surface area contributed by atoms with Crippen LogP contribution in [0.15, 0.2) is 0 Å². The summed E-state index contributed by atoms with van der Waals surface area (Å²) >= 11 is 0. The van der Waals surface area contributed by atoms with Gasteiger partial charge in [0.05, 0.1) is 0 Å². The first kappa shape index (κ1) is 53.4. The summed E-state index contributed by atoms with van der Waals surface area (Å²) in [4.78, 5) is 37.8. The number of esters is 3. The van der Waals surface area contributed by atoms with Crippen molar-refractivity contribution in [1.29, 1.82) is 0 Å². The van der Waals surface area contributed by atoms with Gasteiger partial charge in [0, 0.05) is 19.3 Å². The summed E-state index contributed by atoms with van der Waals surface area (Å²) in [7, 11) is 0. The van der Waals surface area contributed by atoms with Gasteiger partial charge in [-0.15, -0.1) is 0 Å². The van der Waals surface area contributed by atoms with E-state index in [4.69, 9.17) is 14.2 Å². The zero-order chi connectivity index (χ0) is 40.5. The summed E-state index contributed by atoms with van der Waals surface area (Å²) in [6, 6.07) is 0. The van der Waals surface area contributed by atoms with Crippen molar-refractivity contribution in [2.45, 2.75) is 272 Å². The first-order valence-corrected chi connectivity index (χ1v) is 24.3. The van der Waals surface area contributed by atoms with E-state index in [1.807, 2.05) is 0 Å². The number of rotatable bonds is 43. The Morgan fingerprint density at radius 2 is 0.691 bits per heavy atom. The number of hydrogen-bond donors (Lipinski definition) is 0. The lowest BCUT2D eigenvalue weighted by molar-refractivity contribution is -0.167. The molecular formula is C49H94O6. The molecular weight excluding hydrogens is 685 g/mol. The maximum atomic E-state index is 12.7. The molecule has 326 valence electrons. The maximum Gasteiger partial charge on any atom is 0.306 e. The van der Waals surface area contributed by atoms with Crippen LogP contribution in [0.5, 0.6) is 0 Å². The predicted molar refractivity (Wildman–Crippen MR) is 233 cm³/mol. The first-order chi connectivity index (χ1) is 26.8. The van der Waals surface area contributed by atoms with Crippen LogP contribution in [0.25, 0.3) is 0 Å². The average Bonchev–Trinajstić information content (AvgIpc) is 3.17. The molecule has 0 spiro atoms. The van der Waals surface area contributed by atoms with E-state index in [9.17, 15) is 14.4 Å². The van der Waals surface area contributed by atoms with Crippen molar-refractivity contribution in [2.75, 3.05) is 13.2 Å². The Morgan fingerprint density at radius 1 is 0.382 bits per heavy atom. The third-order valence-electron chi connectivity index (χ3n) is 11.3. The molecule has 0 saturated carbocycles. The second kappa shape index (κ2) is 42.0. The van der Waals surface area contributed by atoms with Crippen molar-refractivity contribution in [3.63, 3.8) is 0 Å². The lowest BCUT2D eigenvalue weighted by Crippen LogP contribution is -2.30. The highest BCUT2D eigenvalue weighted by Gasteiger charge is 2.19. The van der Waals surface area contributed by atoms with Crippen LogP contribution >= 0.6 is 0 Å². The van der Waals surface area contributed by atoms with E-state index >= 15 is 0 Å². The molecule has 1 unspecified atom stereocenters. The molecule has 6 heteroatoms. The molecule has 0 aliphatic rings. The lowest BCUT2D eigenvalue weighted by atomic mass is 9.99. The Kier molecular flexibility index (Phi) is 40.8. The fourth-order valence-corrected chi connectivity index (χ4v) is 7.25. The smallest absolute Gasteiger partial charge is 0.306 e. The number of unbranched alkanes of at least 4 members (excludes halogenated alkanes) is 27. The van der Waals surface area contributed by atoms with E-state index < -0.39 is 6.10 Å². The summed E-state index contributed by atoms with van der Waals surface area (Å²) in [6.45, 7) is 11.4. The molecule has 6 nitrogen and oxygen atoms in total. The predicted octanol–water partition coefficient (Wildman–Crippen LogP) is 15.4. The minimum Gasteiger partial charge on any atom is -0.462 e. The lowest BCUT2D eigenvalue weighted by Gasteiger charge is -2.18. The summed E-state index contributed by atoms with van der Waals surface area (Å²) in [5.41, 5.74) is 0. The van der Waals surface area contributed by atoms with Crippen LogP contribution in [0.2, 0.25) is 0 Å². The van der Waals surface area contributed by atoms with Crippen molar-refractivity contribution in [2.24, 2.45) is 11.8 Å². The third-order valence-corrected chi connectivity index (χ3v) is 11.3. The maximum absolute atomic E-state index is 12.7. The molecule has 0 aliphatic heterocycles. The van der Waals surface area contributed by atoms with Gasteiger partial charge in [-0.25, -0.2) is 0 Å².